The normalized spacial score (nSPS) is 13.6. The van der Waals surface area contributed by atoms with Gasteiger partial charge in [-0.15, -0.1) is 0 Å². The topological polar surface area (TPSA) is 97.4 Å². The fourth-order valence-electron chi connectivity index (χ4n) is 3.66. The van der Waals surface area contributed by atoms with Crippen LogP contribution in [0.4, 0.5) is 5.69 Å². The number of methoxy groups -OCH3 is 1. The summed E-state index contributed by atoms with van der Waals surface area (Å²) in [5.41, 5.74) is 1.93. The number of anilines is 1. The molecule has 0 unspecified atom stereocenters. The van der Waals surface area contributed by atoms with Gasteiger partial charge in [-0.05, 0) is 66.4 Å². The van der Waals surface area contributed by atoms with Gasteiger partial charge < -0.3 is 15.4 Å². The molecule has 1 heterocycles. The first-order valence-corrected chi connectivity index (χ1v) is 10.8. The lowest BCUT2D eigenvalue weighted by Gasteiger charge is -2.17. The van der Waals surface area contributed by atoms with Crippen LogP contribution in [0.2, 0.25) is 5.02 Å². The molecule has 8 heteroatoms. The maximum Gasteiger partial charge on any atom is 0.337 e. The van der Waals surface area contributed by atoms with Gasteiger partial charge in [0.15, 0.2) is 0 Å². The summed E-state index contributed by atoms with van der Waals surface area (Å²) < 4.78 is 4.84. The Labute approximate surface area is 196 Å². The fourth-order valence-corrected chi connectivity index (χ4v) is 3.79. The second-order valence-corrected chi connectivity index (χ2v) is 8.29. The molecule has 3 aromatic rings. The van der Waals surface area contributed by atoms with Gasteiger partial charge in [0.25, 0.3) is 5.91 Å². The molecule has 0 radical (unpaired) electrons. The van der Waals surface area contributed by atoms with Crippen molar-refractivity contribution in [2.24, 2.45) is 0 Å². The first-order valence-electron chi connectivity index (χ1n) is 10.4. The summed E-state index contributed by atoms with van der Waals surface area (Å²) in [5, 5.41) is 6.32. The van der Waals surface area contributed by atoms with E-state index in [4.69, 9.17) is 16.3 Å². The molecular formula is C25H22ClN3O4. The molecule has 33 heavy (non-hydrogen) atoms. The van der Waals surface area contributed by atoms with Crippen molar-refractivity contribution in [3.8, 4) is 0 Å². The van der Waals surface area contributed by atoms with E-state index in [1.165, 1.54) is 13.3 Å². The quantitative estimate of drug-likeness (QED) is 0.513. The van der Waals surface area contributed by atoms with E-state index in [0.29, 0.717) is 16.3 Å². The zero-order valence-corrected chi connectivity index (χ0v) is 18.7. The van der Waals surface area contributed by atoms with Gasteiger partial charge in [0.2, 0.25) is 5.91 Å². The molecule has 7 nitrogen and oxygen atoms in total. The van der Waals surface area contributed by atoms with Gasteiger partial charge in [0, 0.05) is 23.5 Å². The van der Waals surface area contributed by atoms with Gasteiger partial charge in [-0.1, -0.05) is 29.8 Å². The average Bonchev–Trinajstić information content (AvgIpc) is 3.65. The molecule has 1 aliphatic rings. The maximum absolute atomic E-state index is 13.2. The van der Waals surface area contributed by atoms with Crippen LogP contribution < -0.4 is 10.6 Å². The van der Waals surface area contributed by atoms with E-state index < -0.39 is 11.4 Å². The molecule has 1 fully saturated rings. The highest BCUT2D eigenvalue weighted by Crippen LogP contribution is 2.49. The van der Waals surface area contributed by atoms with Crippen LogP contribution >= 0.6 is 11.6 Å². The summed E-state index contributed by atoms with van der Waals surface area (Å²) in [6.45, 7) is 0.144. The molecule has 0 spiro atoms. The van der Waals surface area contributed by atoms with E-state index in [1.54, 1.807) is 48.5 Å². The van der Waals surface area contributed by atoms with Gasteiger partial charge in [0.1, 0.15) is 5.69 Å². The van der Waals surface area contributed by atoms with E-state index in [9.17, 15) is 14.4 Å². The fraction of sp³-hybridized carbons (Fsp3) is 0.200. The number of esters is 1. The number of halogens is 1. The van der Waals surface area contributed by atoms with Gasteiger partial charge >= 0.3 is 5.97 Å². The summed E-state index contributed by atoms with van der Waals surface area (Å²) >= 11 is 5.98. The summed E-state index contributed by atoms with van der Waals surface area (Å²) in [7, 11) is 1.29. The van der Waals surface area contributed by atoms with E-state index >= 15 is 0 Å². The molecule has 1 aromatic heterocycles. The molecule has 0 saturated heterocycles. The lowest BCUT2D eigenvalue weighted by molar-refractivity contribution is -0.118. The Hall–Kier alpha value is -3.71. The number of hydrogen-bond acceptors (Lipinski definition) is 5. The highest BCUT2D eigenvalue weighted by molar-refractivity contribution is 6.30. The van der Waals surface area contributed by atoms with E-state index in [1.807, 2.05) is 12.1 Å². The van der Waals surface area contributed by atoms with Crippen LogP contribution in [-0.4, -0.2) is 29.9 Å². The van der Waals surface area contributed by atoms with Crippen molar-refractivity contribution in [2.75, 3.05) is 12.4 Å². The number of pyridine rings is 1. The Morgan fingerprint density at radius 2 is 1.82 bits per heavy atom. The average molecular weight is 464 g/mol. The third kappa shape index (κ3) is 5.04. The minimum absolute atomic E-state index is 0.144. The van der Waals surface area contributed by atoms with Crippen LogP contribution in [0.3, 0.4) is 0 Å². The Kier molecular flexibility index (Phi) is 6.42. The predicted octanol–water partition coefficient (Wildman–Crippen LogP) is 4.12. The molecule has 168 valence electrons. The first kappa shape index (κ1) is 22.5. The second kappa shape index (κ2) is 9.42. The number of rotatable bonds is 7. The lowest BCUT2D eigenvalue weighted by Crippen LogP contribution is -2.28. The Balaban J connectivity index is 1.53. The predicted molar refractivity (Wildman–Crippen MR) is 124 cm³/mol. The molecular weight excluding hydrogens is 442 g/mol. The molecule has 2 aromatic carbocycles. The largest absolute Gasteiger partial charge is 0.465 e. The van der Waals surface area contributed by atoms with Crippen molar-refractivity contribution in [1.82, 2.24) is 10.3 Å². The van der Waals surface area contributed by atoms with Crippen LogP contribution in [0.1, 0.15) is 44.8 Å². The number of nitrogens with one attached hydrogen (secondary N) is 2. The van der Waals surface area contributed by atoms with Crippen molar-refractivity contribution in [2.45, 2.75) is 24.8 Å². The van der Waals surface area contributed by atoms with E-state index in [0.717, 1.165) is 18.4 Å². The first-order chi connectivity index (χ1) is 15.9. The number of nitrogens with zero attached hydrogens (tertiary/aromatic N) is 1. The highest BCUT2D eigenvalue weighted by Gasteiger charge is 2.51. The van der Waals surface area contributed by atoms with Crippen molar-refractivity contribution >= 4 is 35.1 Å². The number of hydrogen-bond donors (Lipinski definition) is 2. The van der Waals surface area contributed by atoms with E-state index in [2.05, 4.69) is 15.6 Å². The summed E-state index contributed by atoms with van der Waals surface area (Å²) in [6, 6.07) is 17.2. The molecule has 2 N–H and O–H groups in total. The number of carbonyl (C=O) groups excluding carboxylic acids is 3. The molecule has 4 rings (SSSR count). The highest BCUT2D eigenvalue weighted by atomic mass is 35.5. The van der Waals surface area contributed by atoms with Gasteiger partial charge in [0.05, 0.1) is 18.1 Å². The molecule has 2 amide bonds. The van der Waals surface area contributed by atoms with Crippen LogP contribution in [0, 0.1) is 0 Å². The Bertz CT molecular complexity index is 1190. The van der Waals surface area contributed by atoms with Crippen LogP contribution in [0.15, 0.2) is 66.9 Å². The maximum atomic E-state index is 13.2. The molecule has 1 aliphatic carbocycles. The number of benzene rings is 2. The zero-order valence-electron chi connectivity index (χ0n) is 17.9. The molecule has 0 atom stereocenters. The number of ether oxygens (including phenoxy) is 1. The van der Waals surface area contributed by atoms with Crippen LogP contribution in [0.25, 0.3) is 0 Å². The van der Waals surface area contributed by atoms with Gasteiger partial charge in [-0.25, -0.2) is 4.79 Å². The lowest BCUT2D eigenvalue weighted by atomic mass is 9.95. The molecule has 0 bridgehead atoms. The summed E-state index contributed by atoms with van der Waals surface area (Å²) in [4.78, 5) is 41.7. The molecule has 0 aliphatic heterocycles. The van der Waals surface area contributed by atoms with Crippen LogP contribution in [-0.2, 0) is 21.5 Å². The smallest absolute Gasteiger partial charge is 0.337 e. The summed E-state index contributed by atoms with van der Waals surface area (Å²) in [5.74, 6) is -1.04. The second-order valence-electron chi connectivity index (χ2n) is 7.85. The van der Waals surface area contributed by atoms with Gasteiger partial charge in [-0.2, -0.15) is 0 Å². The van der Waals surface area contributed by atoms with Crippen LogP contribution in [0.5, 0.6) is 0 Å². The minimum Gasteiger partial charge on any atom is -0.465 e. The molecule has 1 saturated carbocycles. The zero-order chi connectivity index (χ0) is 23.4. The third-order valence-corrected chi connectivity index (χ3v) is 5.86. The van der Waals surface area contributed by atoms with Crippen molar-refractivity contribution in [3.05, 3.63) is 94.3 Å². The number of carbonyl (C=O) groups is 3. The Morgan fingerprint density at radius 3 is 2.45 bits per heavy atom. The minimum atomic E-state index is -0.612. The SMILES string of the molecule is COC(=O)c1cc(CNC(=O)c2ccccn2)cc(NC(=O)C2(c3ccc(Cl)cc3)CC2)c1. The van der Waals surface area contributed by atoms with Crippen molar-refractivity contribution < 1.29 is 19.1 Å². The Morgan fingerprint density at radius 1 is 1.06 bits per heavy atom. The standard InChI is InChI=1S/C25H22ClN3O4/c1-33-23(31)17-12-16(15-28-22(30)21-4-2-3-11-27-21)13-20(14-17)29-24(32)25(9-10-25)18-5-7-19(26)8-6-18/h2-8,11-14H,9-10,15H2,1H3,(H,28,30)(H,29,32). The number of aromatic nitrogens is 1. The number of amides is 2. The van der Waals surface area contributed by atoms with Crippen molar-refractivity contribution in [1.29, 1.82) is 0 Å². The monoisotopic (exact) mass is 463 g/mol. The summed E-state index contributed by atoms with van der Waals surface area (Å²) in [6.07, 6.45) is 2.99. The van der Waals surface area contributed by atoms with Gasteiger partial charge in [-0.3, -0.25) is 14.6 Å². The third-order valence-electron chi connectivity index (χ3n) is 5.60. The van der Waals surface area contributed by atoms with E-state index in [-0.39, 0.29) is 29.6 Å². The van der Waals surface area contributed by atoms with Crippen molar-refractivity contribution in [3.63, 3.8) is 0 Å².